The molecule has 4 aliphatic carbocycles. The van der Waals surface area contributed by atoms with Crippen LogP contribution in [0.15, 0.2) is 137 Å². The third kappa shape index (κ3) is 10.7. The molecule has 1 saturated heterocycles. The maximum Gasteiger partial charge on any atom is 0.350 e. The summed E-state index contributed by atoms with van der Waals surface area (Å²) in [6.45, 7) is 9.10. The summed E-state index contributed by atoms with van der Waals surface area (Å²) < 4.78 is 44.0. The monoisotopic (exact) mass is 1280 g/mol. The Hall–Kier alpha value is -9.26. The number of aromatic nitrogens is 2. The maximum absolute atomic E-state index is 16.0. The molecule has 490 valence electrons. The second kappa shape index (κ2) is 24.6. The topological polar surface area (TPSA) is 321 Å². The molecule has 23 heteroatoms. The van der Waals surface area contributed by atoms with Crippen molar-refractivity contribution in [1.29, 1.82) is 0 Å². The highest BCUT2D eigenvalue weighted by molar-refractivity contribution is 5.97. The number of hydrogen-bond acceptors (Lipinski definition) is 21. The average Bonchev–Trinajstić information content (AvgIpc) is 0.788. The molecule has 12 atom stereocenters. The first-order chi connectivity index (χ1) is 44.8. The zero-order chi connectivity index (χ0) is 67.0. The fourth-order valence-electron chi connectivity index (χ4n) is 15.2. The van der Waals surface area contributed by atoms with Crippen molar-refractivity contribution in [2.24, 2.45) is 16.7 Å². The number of ketones is 1. The fourth-order valence-corrected chi connectivity index (χ4v) is 15.2. The van der Waals surface area contributed by atoms with Crippen LogP contribution in [0.2, 0.25) is 0 Å². The number of fused-ring (bicyclic) bond motifs is 10. The zero-order valence-corrected chi connectivity index (χ0v) is 52.8. The normalized spacial score (nSPS) is 27.6. The van der Waals surface area contributed by atoms with Gasteiger partial charge in [0, 0.05) is 73.7 Å². The van der Waals surface area contributed by atoms with Crippen molar-refractivity contribution < 1.29 is 86.8 Å². The van der Waals surface area contributed by atoms with Gasteiger partial charge in [0.2, 0.25) is 11.7 Å². The highest BCUT2D eigenvalue weighted by Crippen LogP contribution is 2.64. The minimum atomic E-state index is -2.53. The summed E-state index contributed by atoms with van der Waals surface area (Å²) in [6.07, 6.45) is -11.5. The summed E-state index contributed by atoms with van der Waals surface area (Å²) in [5, 5.41) is 45.0. The summed E-state index contributed by atoms with van der Waals surface area (Å²) in [5.74, 6) is -9.07. The quantitative estimate of drug-likeness (QED) is 0.0308. The van der Waals surface area contributed by atoms with Crippen molar-refractivity contribution in [3.63, 3.8) is 0 Å². The summed E-state index contributed by atoms with van der Waals surface area (Å²) in [5.41, 5.74) is -6.85. The van der Waals surface area contributed by atoms with Crippen LogP contribution in [0.3, 0.4) is 0 Å². The van der Waals surface area contributed by atoms with E-state index in [0.717, 1.165) is 24.8 Å². The molecule has 94 heavy (non-hydrogen) atoms. The Kier molecular flexibility index (Phi) is 16.9. The van der Waals surface area contributed by atoms with E-state index in [4.69, 9.17) is 38.1 Å². The molecule has 0 unspecified atom stereocenters. The van der Waals surface area contributed by atoms with Crippen LogP contribution in [0.5, 0.6) is 0 Å². The van der Waals surface area contributed by atoms with E-state index < -0.39 is 136 Å². The van der Waals surface area contributed by atoms with Crippen LogP contribution in [0, 0.1) is 16.7 Å². The van der Waals surface area contributed by atoms with E-state index in [1.165, 1.54) is 30.5 Å². The molecule has 5 N–H and O–H groups in total. The van der Waals surface area contributed by atoms with Gasteiger partial charge in [0.15, 0.2) is 24.2 Å². The second-order valence-electron chi connectivity index (χ2n) is 25.8. The second-order valence-corrected chi connectivity index (χ2v) is 25.8. The van der Waals surface area contributed by atoms with Crippen LogP contribution in [0.1, 0.15) is 129 Å². The molecule has 2 saturated carbocycles. The molecule has 2 aromatic heterocycles. The van der Waals surface area contributed by atoms with Crippen molar-refractivity contribution in [1.82, 2.24) is 20.2 Å². The van der Waals surface area contributed by atoms with Gasteiger partial charge in [0.25, 0.3) is 11.5 Å². The first-order valence-corrected chi connectivity index (χ1v) is 31.3. The number of carbonyl (C=O) groups is 8. The number of rotatable bonds is 17. The third-order valence-electron chi connectivity index (χ3n) is 20.2. The largest absolute Gasteiger partial charge is 0.455 e. The molecule has 0 radical (unpaired) electrons. The highest BCUT2D eigenvalue weighted by Gasteiger charge is 2.78. The van der Waals surface area contributed by atoms with Gasteiger partial charge in [-0.15, -0.1) is 0 Å². The lowest BCUT2D eigenvalue weighted by Gasteiger charge is -2.67. The number of pyridine rings is 2. The van der Waals surface area contributed by atoms with Crippen LogP contribution in [-0.4, -0.2) is 133 Å². The number of benzene rings is 4. The van der Waals surface area contributed by atoms with E-state index in [1.807, 2.05) is 24.3 Å². The molecular weight excluding hydrogens is 1210 g/mol. The number of esters is 6. The van der Waals surface area contributed by atoms with E-state index in [9.17, 15) is 48.9 Å². The van der Waals surface area contributed by atoms with Gasteiger partial charge < -0.3 is 59.1 Å². The van der Waals surface area contributed by atoms with E-state index >= 15 is 9.59 Å². The number of carbonyl (C=O) groups excluding carboxylic acids is 8. The summed E-state index contributed by atoms with van der Waals surface area (Å²) in [7, 11) is 0. The molecule has 4 heterocycles. The van der Waals surface area contributed by atoms with Crippen LogP contribution in [0.4, 0.5) is 0 Å². The predicted octanol–water partition coefficient (Wildman–Crippen LogP) is 5.86. The number of aliphatic hydroxyl groups excluding tert-OH is 1. The van der Waals surface area contributed by atoms with E-state index in [-0.39, 0.29) is 80.1 Å². The molecule has 0 spiro atoms. The van der Waals surface area contributed by atoms with Gasteiger partial charge in [-0.3, -0.25) is 33.3 Å². The molecule has 1 amide bonds. The highest BCUT2D eigenvalue weighted by atomic mass is 16.6. The van der Waals surface area contributed by atoms with Crippen molar-refractivity contribution in [3.8, 4) is 11.3 Å². The number of para-hydroxylation sites is 1. The summed E-state index contributed by atoms with van der Waals surface area (Å²) >= 11 is 0. The minimum absolute atomic E-state index is 0.0198. The lowest BCUT2D eigenvalue weighted by molar-refractivity contribution is -0.346. The van der Waals surface area contributed by atoms with E-state index in [1.54, 1.807) is 106 Å². The first-order valence-electron chi connectivity index (χ1n) is 31.3. The zero-order valence-electron chi connectivity index (χ0n) is 52.8. The number of nitrogens with one attached hydrogen (secondary N) is 2. The number of amides is 1. The molecule has 3 fully saturated rings. The summed E-state index contributed by atoms with van der Waals surface area (Å²) in [4.78, 5) is 134. The number of hydrogen-bond donors (Lipinski definition) is 5. The Labute approximate surface area is 539 Å². The van der Waals surface area contributed by atoms with E-state index in [0.29, 0.717) is 33.5 Å². The smallest absolute Gasteiger partial charge is 0.350 e. The van der Waals surface area contributed by atoms with Gasteiger partial charge in [0.05, 0.1) is 52.9 Å². The van der Waals surface area contributed by atoms with Gasteiger partial charge >= 0.3 is 35.8 Å². The molecule has 6 aliphatic rings. The van der Waals surface area contributed by atoms with Crippen LogP contribution in [-0.2, 0) is 87.2 Å². The van der Waals surface area contributed by atoms with Crippen molar-refractivity contribution in [3.05, 3.63) is 182 Å². The number of cyclic esters (lactones) is 1. The third-order valence-corrected chi connectivity index (χ3v) is 20.2. The molecule has 2 aliphatic heterocycles. The SMILES string of the molecule is CC[C@@]1(O)C(=O)OCn2c1cc1c(c2=O)Cc2c-1nc1ccccc1c2CNCCC(=O)O[C@@H](C(=O)O[C@H]1C[C@@]2(O)[C@@H](OC(=O)c3ccccc3)[C@@H]3[C@]4(OC(C)=O)CO[C@@H]4C[C@H](O)[C@@]3(C)C(=O)[C@H](OC(C)=O)C(=C1C)C2(C)C)[C@@H](NC(=O)c1ccccc1)c1ccccc1. The average molecular weight is 1290 g/mol. The lowest BCUT2D eigenvalue weighted by atomic mass is 9.44. The van der Waals surface area contributed by atoms with Crippen LogP contribution < -0.4 is 16.2 Å². The van der Waals surface area contributed by atoms with Gasteiger partial charge in [-0.05, 0) is 84.5 Å². The standard InChI is InChI=1S/C71H72N4O19/c1-8-69(86)50-31-45-46(63(82)75(50)36-89-66(69)85)30-44-47(43-26-18-19-27-48(43)73-56(44)45)34-72-29-28-53(79)92-58(55(40-20-12-9-13-21-40)74-62(81)41-22-14-10-15-23-41)65(84)91-49-33-71(87)61(93-64(83)42-24-16-11-17-25-42)59-68(7,51(78)32-52-70(59,35-88-52)94-39(4)77)60(80)57(90-38(3)76)54(37(49)2)67(71,5)6/h9-27,31,49,51-52,55,57-59,61,72,78,86-87H,8,28-30,32-36H2,1-7H3,(H,74,81)/t49-,51-,52+,55-,57+,58+,59-,61-,68+,69-,70-,71+/m0/s1. The lowest BCUT2D eigenvalue weighted by Crippen LogP contribution is -2.82. The van der Waals surface area contributed by atoms with E-state index in [2.05, 4.69) is 10.6 Å². The Balaban J connectivity index is 0.907. The molecule has 6 aromatic rings. The molecule has 23 nitrogen and oxygen atoms in total. The van der Waals surface area contributed by atoms with Gasteiger partial charge in [-0.1, -0.05) is 106 Å². The number of nitrogens with zero attached hydrogens (tertiary/aromatic N) is 2. The fraction of sp³-hybridized carbons (Fsp3) is 0.408. The number of Topliss-reactive ketones (excluding diaryl/α,β-unsaturated/α-hetero) is 1. The van der Waals surface area contributed by atoms with Crippen molar-refractivity contribution in [2.45, 2.75) is 153 Å². The Morgan fingerprint density at radius 3 is 2.13 bits per heavy atom. The summed E-state index contributed by atoms with van der Waals surface area (Å²) in [6, 6.07) is 31.5. The van der Waals surface area contributed by atoms with Crippen LogP contribution >= 0.6 is 0 Å². The predicted molar refractivity (Wildman–Crippen MR) is 332 cm³/mol. The van der Waals surface area contributed by atoms with Crippen molar-refractivity contribution in [2.75, 3.05) is 13.2 Å². The van der Waals surface area contributed by atoms with Gasteiger partial charge in [-0.2, -0.15) is 0 Å². The Bertz CT molecular complexity index is 4190. The van der Waals surface area contributed by atoms with Crippen molar-refractivity contribution >= 4 is 58.4 Å². The van der Waals surface area contributed by atoms with Crippen LogP contribution in [0.25, 0.3) is 22.2 Å². The first kappa shape index (κ1) is 64.8. The van der Waals surface area contributed by atoms with Gasteiger partial charge in [0.1, 0.15) is 30.0 Å². The maximum atomic E-state index is 16.0. The van der Waals surface area contributed by atoms with Gasteiger partial charge in [-0.25, -0.2) is 19.4 Å². The Morgan fingerprint density at radius 1 is 0.819 bits per heavy atom. The number of ether oxygens (including phenoxy) is 7. The molecule has 2 bridgehead atoms. The minimum Gasteiger partial charge on any atom is -0.455 e. The molecule has 4 aromatic carbocycles. The molecular formula is C71H72N4O19. The number of aliphatic hydroxyl groups is 3. The Morgan fingerprint density at radius 2 is 1.48 bits per heavy atom. The molecule has 12 rings (SSSR count).